The van der Waals surface area contributed by atoms with Crippen molar-refractivity contribution < 1.29 is 23.5 Å². The average Bonchev–Trinajstić information content (AvgIpc) is 3.24. The number of methoxy groups -OCH3 is 1. The molecule has 0 spiro atoms. The first kappa shape index (κ1) is 24.1. The van der Waals surface area contributed by atoms with E-state index in [9.17, 15) is 14.9 Å². The highest BCUT2D eigenvalue weighted by atomic mass is 19.1. The van der Waals surface area contributed by atoms with Crippen molar-refractivity contribution in [2.45, 2.75) is 31.4 Å². The lowest BCUT2D eigenvalue weighted by Gasteiger charge is -2.39. The molecule has 0 aliphatic carbocycles. The number of nitrogens with one attached hydrogen (secondary N) is 2. The Labute approximate surface area is 203 Å². The Morgan fingerprint density at radius 1 is 1.29 bits per heavy atom. The number of anilines is 3. The monoisotopic (exact) mass is 481 g/mol. The second-order valence-corrected chi connectivity index (χ2v) is 8.70. The van der Waals surface area contributed by atoms with Gasteiger partial charge < -0.3 is 25.0 Å². The summed E-state index contributed by atoms with van der Waals surface area (Å²) in [5, 5.41) is 15.9. The number of nitrogens with zero attached hydrogens (tertiary/aromatic N) is 3. The fraction of sp³-hybridized carbons (Fsp3) is 0.400. The van der Waals surface area contributed by atoms with E-state index in [1.54, 1.807) is 19.2 Å². The minimum absolute atomic E-state index is 0.204. The van der Waals surface area contributed by atoms with Gasteiger partial charge >= 0.3 is 6.09 Å². The number of hydrogen-bond donors (Lipinski definition) is 2. The minimum Gasteiger partial charge on any atom is -0.495 e. The molecular weight excluding hydrogens is 453 g/mol. The molecule has 1 atom stereocenters. The molecule has 1 unspecified atom stereocenters. The van der Waals surface area contributed by atoms with Crippen LogP contribution >= 0.6 is 0 Å². The number of para-hydroxylation sites is 2. The van der Waals surface area contributed by atoms with Crippen LogP contribution in [0.25, 0.3) is 0 Å². The average molecular weight is 482 g/mol. The molecule has 2 aromatic rings. The van der Waals surface area contributed by atoms with Gasteiger partial charge in [-0.05, 0) is 30.3 Å². The lowest BCUT2D eigenvalue weighted by atomic mass is 9.88. The van der Waals surface area contributed by atoms with Gasteiger partial charge in [0.2, 0.25) is 5.91 Å². The van der Waals surface area contributed by atoms with Crippen molar-refractivity contribution in [2.24, 2.45) is 0 Å². The van der Waals surface area contributed by atoms with E-state index in [0.717, 1.165) is 5.69 Å². The standard InChI is InChI=1S/C25H28FN5O4/c1-17(32)28-14-19-15-31(24(33)35-19)18-7-8-22(20(26)13-18)30-11-9-25(16-27,10-12-30)29-21-5-3-4-6-23(21)34-2/h3-8,13,19,29H,9-12,14-15H2,1-2H3,(H,28,32). The number of piperidine rings is 1. The lowest BCUT2D eigenvalue weighted by molar-refractivity contribution is -0.119. The van der Waals surface area contributed by atoms with Crippen molar-refractivity contribution in [3.8, 4) is 11.8 Å². The molecule has 0 bridgehead atoms. The number of cyclic esters (lactones) is 1. The van der Waals surface area contributed by atoms with Gasteiger partial charge in [-0.25, -0.2) is 9.18 Å². The van der Waals surface area contributed by atoms with Crippen molar-refractivity contribution in [3.63, 3.8) is 0 Å². The number of nitriles is 1. The molecule has 2 aliphatic heterocycles. The summed E-state index contributed by atoms with van der Waals surface area (Å²) in [7, 11) is 1.58. The van der Waals surface area contributed by atoms with Crippen LogP contribution in [0.3, 0.4) is 0 Å². The summed E-state index contributed by atoms with van der Waals surface area (Å²) < 4.78 is 25.8. The van der Waals surface area contributed by atoms with Gasteiger partial charge in [0, 0.05) is 32.9 Å². The van der Waals surface area contributed by atoms with E-state index < -0.39 is 23.6 Å². The molecule has 2 amide bonds. The zero-order valence-electron chi connectivity index (χ0n) is 19.7. The predicted octanol–water partition coefficient (Wildman–Crippen LogP) is 3.27. The van der Waals surface area contributed by atoms with Crippen LogP contribution in [0.5, 0.6) is 5.75 Å². The van der Waals surface area contributed by atoms with Crippen LogP contribution in [0.4, 0.5) is 26.2 Å². The van der Waals surface area contributed by atoms with E-state index >= 15 is 4.39 Å². The molecule has 0 radical (unpaired) electrons. The molecule has 2 heterocycles. The Kier molecular flexibility index (Phi) is 6.96. The summed E-state index contributed by atoms with van der Waals surface area (Å²) in [4.78, 5) is 26.6. The summed E-state index contributed by atoms with van der Waals surface area (Å²) in [6.07, 6.45) is -0.0873. The van der Waals surface area contributed by atoms with E-state index in [1.165, 1.54) is 17.9 Å². The first-order valence-corrected chi connectivity index (χ1v) is 11.4. The molecule has 2 aliphatic rings. The molecular formula is C25H28FN5O4. The molecule has 9 nitrogen and oxygen atoms in total. The molecule has 35 heavy (non-hydrogen) atoms. The first-order chi connectivity index (χ1) is 16.8. The summed E-state index contributed by atoms with van der Waals surface area (Å²) in [6.45, 7) is 2.78. The van der Waals surface area contributed by atoms with Gasteiger partial charge in [0.1, 0.15) is 23.2 Å². The Balaban J connectivity index is 1.42. The van der Waals surface area contributed by atoms with Gasteiger partial charge in [-0.1, -0.05) is 12.1 Å². The molecule has 0 saturated carbocycles. The molecule has 4 rings (SSSR count). The summed E-state index contributed by atoms with van der Waals surface area (Å²) in [6, 6.07) is 14.5. The highest BCUT2D eigenvalue weighted by molar-refractivity contribution is 5.90. The van der Waals surface area contributed by atoms with Crippen molar-refractivity contribution >= 4 is 29.1 Å². The zero-order chi connectivity index (χ0) is 25.0. The summed E-state index contributed by atoms with van der Waals surface area (Å²) in [5.74, 6) is -0.0105. The van der Waals surface area contributed by atoms with Crippen molar-refractivity contribution in [2.75, 3.05) is 48.4 Å². The van der Waals surface area contributed by atoms with E-state index in [0.29, 0.717) is 43.1 Å². The van der Waals surface area contributed by atoms with Crippen LogP contribution in [0, 0.1) is 17.1 Å². The molecule has 0 aromatic heterocycles. The number of carbonyl (C=O) groups is 2. The minimum atomic E-state index is -0.788. The molecule has 184 valence electrons. The number of hydrogen-bond acceptors (Lipinski definition) is 7. The Morgan fingerprint density at radius 3 is 2.69 bits per heavy atom. The number of carbonyl (C=O) groups excluding carboxylic acids is 2. The van der Waals surface area contributed by atoms with Crippen LogP contribution in [0.1, 0.15) is 19.8 Å². The van der Waals surface area contributed by atoms with Gasteiger partial charge in [-0.2, -0.15) is 5.26 Å². The van der Waals surface area contributed by atoms with Crippen LogP contribution in [0.2, 0.25) is 0 Å². The predicted molar refractivity (Wildman–Crippen MR) is 129 cm³/mol. The quantitative estimate of drug-likeness (QED) is 0.625. The Hall–Kier alpha value is -4.00. The maximum Gasteiger partial charge on any atom is 0.414 e. The maximum absolute atomic E-state index is 15.1. The van der Waals surface area contributed by atoms with E-state index in [4.69, 9.17) is 9.47 Å². The number of rotatable bonds is 7. The van der Waals surface area contributed by atoms with Crippen molar-refractivity contribution in [1.82, 2.24) is 5.32 Å². The molecule has 10 heteroatoms. The highest BCUT2D eigenvalue weighted by Gasteiger charge is 2.37. The van der Waals surface area contributed by atoms with Crippen LogP contribution in [0.15, 0.2) is 42.5 Å². The van der Waals surface area contributed by atoms with E-state index in [1.807, 2.05) is 29.2 Å². The fourth-order valence-corrected chi connectivity index (χ4v) is 4.42. The SMILES string of the molecule is COc1ccccc1NC1(C#N)CCN(c2ccc(N3CC(CNC(C)=O)OC3=O)cc2F)CC1. The lowest BCUT2D eigenvalue weighted by Crippen LogP contribution is -2.48. The molecule has 2 saturated heterocycles. The first-order valence-electron chi connectivity index (χ1n) is 11.4. The van der Waals surface area contributed by atoms with Gasteiger partial charge in [-0.15, -0.1) is 0 Å². The molecule has 2 aromatic carbocycles. The maximum atomic E-state index is 15.1. The third-order valence-electron chi connectivity index (χ3n) is 6.35. The number of benzene rings is 2. The van der Waals surface area contributed by atoms with Gasteiger partial charge in [0.25, 0.3) is 0 Å². The Bertz CT molecular complexity index is 1140. The highest BCUT2D eigenvalue weighted by Crippen LogP contribution is 2.35. The van der Waals surface area contributed by atoms with Crippen LogP contribution in [-0.4, -0.2) is 56.9 Å². The van der Waals surface area contributed by atoms with Crippen molar-refractivity contribution in [3.05, 3.63) is 48.3 Å². The third-order valence-corrected chi connectivity index (χ3v) is 6.35. The zero-order valence-corrected chi connectivity index (χ0v) is 19.7. The van der Waals surface area contributed by atoms with Gasteiger partial charge in [-0.3, -0.25) is 9.69 Å². The largest absolute Gasteiger partial charge is 0.495 e. The second-order valence-electron chi connectivity index (χ2n) is 8.70. The van der Waals surface area contributed by atoms with E-state index in [2.05, 4.69) is 16.7 Å². The van der Waals surface area contributed by atoms with Gasteiger partial charge in [0.15, 0.2) is 0 Å². The topological polar surface area (TPSA) is 107 Å². The number of halogens is 1. The fourth-order valence-electron chi connectivity index (χ4n) is 4.42. The second kappa shape index (κ2) is 10.1. The third kappa shape index (κ3) is 5.24. The molecule has 2 N–H and O–H groups in total. The van der Waals surface area contributed by atoms with Gasteiger partial charge in [0.05, 0.1) is 43.3 Å². The molecule has 2 fully saturated rings. The van der Waals surface area contributed by atoms with Crippen molar-refractivity contribution in [1.29, 1.82) is 5.26 Å². The smallest absolute Gasteiger partial charge is 0.414 e. The summed E-state index contributed by atoms with van der Waals surface area (Å²) >= 11 is 0. The summed E-state index contributed by atoms with van der Waals surface area (Å²) in [5.41, 5.74) is 0.765. The normalized spacial score (nSPS) is 19.0. The Morgan fingerprint density at radius 2 is 2.03 bits per heavy atom. The van der Waals surface area contributed by atoms with Crippen LogP contribution in [-0.2, 0) is 9.53 Å². The van der Waals surface area contributed by atoms with Crippen LogP contribution < -0.4 is 25.2 Å². The van der Waals surface area contributed by atoms with E-state index in [-0.39, 0.29) is 19.0 Å². The number of amides is 2. The number of ether oxygens (including phenoxy) is 2.